The highest BCUT2D eigenvalue weighted by Gasteiger charge is 2.28. The average molecular weight is 238 g/mol. The van der Waals surface area contributed by atoms with Crippen LogP contribution in [0.3, 0.4) is 0 Å². The molecule has 4 nitrogen and oxygen atoms in total. The molecule has 88 valence electrons. The van der Waals surface area contributed by atoms with Gasteiger partial charge in [-0.25, -0.2) is 4.68 Å². The summed E-state index contributed by atoms with van der Waals surface area (Å²) in [5.74, 6) is 2.96. The lowest BCUT2D eigenvalue weighted by atomic mass is 9.85. The van der Waals surface area contributed by atoms with Crippen molar-refractivity contribution in [3.05, 3.63) is 5.82 Å². The van der Waals surface area contributed by atoms with Gasteiger partial charge in [0.1, 0.15) is 5.82 Å². The largest absolute Gasteiger partial charge is 0.318 e. The SMILES string of the molecule is Cc1nnc2n1NC(C1CCCCC1)CS2. The summed E-state index contributed by atoms with van der Waals surface area (Å²) >= 11 is 1.84. The Balaban J connectivity index is 1.73. The van der Waals surface area contributed by atoms with Crippen LogP contribution in [0.4, 0.5) is 0 Å². The average Bonchev–Trinajstić information content (AvgIpc) is 2.72. The Labute approximate surface area is 100 Å². The number of nitrogens with one attached hydrogen (secondary N) is 1. The van der Waals surface area contributed by atoms with Crippen molar-refractivity contribution in [2.75, 3.05) is 11.2 Å². The number of rotatable bonds is 1. The summed E-state index contributed by atoms with van der Waals surface area (Å²) in [7, 11) is 0. The molecule has 0 amide bonds. The molecule has 1 aromatic heterocycles. The number of aryl methyl sites for hydroxylation is 1. The normalized spacial score (nSPS) is 26.2. The summed E-state index contributed by atoms with van der Waals surface area (Å²) in [6.07, 6.45) is 7.00. The van der Waals surface area contributed by atoms with Crippen LogP contribution in [-0.2, 0) is 0 Å². The molecule has 1 aliphatic heterocycles. The zero-order chi connectivity index (χ0) is 11.0. The molecule has 0 bridgehead atoms. The van der Waals surface area contributed by atoms with Crippen LogP contribution in [-0.4, -0.2) is 26.7 Å². The molecule has 0 saturated heterocycles. The second-order valence-electron chi connectivity index (χ2n) is 4.81. The maximum Gasteiger partial charge on any atom is 0.210 e. The molecule has 1 atom stereocenters. The van der Waals surface area contributed by atoms with Crippen LogP contribution < -0.4 is 5.43 Å². The van der Waals surface area contributed by atoms with Gasteiger partial charge in [0.2, 0.25) is 5.16 Å². The Morgan fingerprint density at radius 2 is 2.06 bits per heavy atom. The summed E-state index contributed by atoms with van der Waals surface area (Å²) < 4.78 is 2.06. The summed E-state index contributed by atoms with van der Waals surface area (Å²) in [5, 5.41) is 9.27. The monoisotopic (exact) mass is 238 g/mol. The Hall–Kier alpha value is -0.710. The van der Waals surface area contributed by atoms with Gasteiger partial charge < -0.3 is 5.43 Å². The van der Waals surface area contributed by atoms with Crippen LogP contribution in [0.1, 0.15) is 37.9 Å². The van der Waals surface area contributed by atoms with Gasteiger partial charge in [-0.3, -0.25) is 0 Å². The van der Waals surface area contributed by atoms with Gasteiger partial charge in [0.05, 0.1) is 6.04 Å². The van der Waals surface area contributed by atoms with Gasteiger partial charge in [0.15, 0.2) is 0 Å². The van der Waals surface area contributed by atoms with Crippen molar-refractivity contribution in [2.24, 2.45) is 5.92 Å². The van der Waals surface area contributed by atoms with Crippen molar-refractivity contribution in [3.8, 4) is 0 Å². The number of hydrogen-bond acceptors (Lipinski definition) is 4. The minimum Gasteiger partial charge on any atom is -0.318 e. The molecular formula is C11H18N4S. The first kappa shape index (κ1) is 10.4. The fraction of sp³-hybridized carbons (Fsp3) is 0.818. The van der Waals surface area contributed by atoms with Gasteiger partial charge in [0, 0.05) is 5.75 Å². The Morgan fingerprint density at radius 3 is 2.88 bits per heavy atom. The van der Waals surface area contributed by atoms with E-state index in [9.17, 15) is 0 Å². The zero-order valence-electron chi connectivity index (χ0n) is 9.65. The van der Waals surface area contributed by atoms with Gasteiger partial charge in [-0.2, -0.15) is 0 Å². The van der Waals surface area contributed by atoms with E-state index in [1.807, 2.05) is 18.7 Å². The first-order chi connectivity index (χ1) is 7.84. The number of hydrogen-bond donors (Lipinski definition) is 1. The molecule has 1 N–H and O–H groups in total. The van der Waals surface area contributed by atoms with E-state index in [1.165, 1.54) is 32.1 Å². The van der Waals surface area contributed by atoms with E-state index in [4.69, 9.17) is 0 Å². The first-order valence-electron chi connectivity index (χ1n) is 6.16. The lowest BCUT2D eigenvalue weighted by Gasteiger charge is -2.34. The van der Waals surface area contributed by atoms with Crippen LogP contribution in [0, 0.1) is 12.8 Å². The van der Waals surface area contributed by atoms with Crippen LogP contribution in [0.15, 0.2) is 5.16 Å². The summed E-state index contributed by atoms with van der Waals surface area (Å²) in [5.41, 5.74) is 3.59. The topological polar surface area (TPSA) is 42.7 Å². The molecule has 16 heavy (non-hydrogen) atoms. The van der Waals surface area contributed by atoms with Crippen molar-refractivity contribution in [1.82, 2.24) is 14.9 Å². The van der Waals surface area contributed by atoms with E-state index in [2.05, 4.69) is 20.3 Å². The van der Waals surface area contributed by atoms with Crippen LogP contribution >= 0.6 is 11.8 Å². The fourth-order valence-electron chi connectivity index (χ4n) is 2.73. The van der Waals surface area contributed by atoms with Crippen molar-refractivity contribution < 1.29 is 0 Å². The molecule has 2 heterocycles. The molecule has 0 radical (unpaired) electrons. The van der Waals surface area contributed by atoms with Crippen molar-refractivity contribution in [3.63, 3.8) is 0 Å². The molecule has 1 unspecified atom stereocenters. The van der Waals surface area contributed by atoms with Gasteiger partial charge in [-0.15, -0.1) is 10.2 Å². The highest BCUT2D eigenvalue weighted by Crippen LogP contribution is 2.32. The quantitative estimate of drug-likeness (QED) is 0.814. The molecular weight excluding hydrogens is 220 g/mol. The molecule has 1 aliphatic carbocycles. The van der Waals surface area contributed by atoms with E-state index in [0.29, 0.717) is 6.04 Å². The molecule has 1 aromatic rings. The first-order valence-corrected chi connectivity index (χ1v) is 7.14. The van der Waals surface area contributed by atoms with Gasteiger partial charge >= 0.3 is 0 Å². The van der Waals surface area contributed by atoms with Gasteiger partial charge in [-0.05, 0) is 25.7 Å². The Morgan fingerprint density at radius 1 is 1.25 bits per heavy atom. The van der Waals surface area contributed by atoms with Crippen LogP contribution in [0.5, 0.6) is 0 Å². The Kier molecular flexibility index (Phi) is 2.79. The molecule has 3 rings (SSSR count). The second-order valence-corrected chi connectivity index (χ2v) is 5.80. The minimum absolute atomic E-state index is 0.604. The fourth-order valence-corrected chi connectivity index (χ4v) is 3.82. The van der Waals surface area contributed by atoms with Crippen LogP contribution in [0.2, 0.25) is 0 Å². The molecule has 5 heteroatoms. The van der Waals surface area contributed by atoms with E-state index >= 15 is 0 Å². The zero-order valence-corrected chi connectivity index (χ0v) is 10.5. The summed E-state index contributed by atoms with van der Waals surface area (Å²) in [4.78, 5) is 0. The number of thioether (sulfide) groups is 1. The predicted octanol–water partition coefficient (Wildman–Crippen LogP) is 2.18. The molecule has 2 aliphatic rings. The highest BCUT2D eigenvalue weighted by molar-refractivity contribution is 7.99. The molecule has 1 fully saturated rings. The van der Waals surface area contributed by atoms with Crippen molar-refractivity contribution >= 4 is 11.8 Å². The predicted molar refractivity (Wildman–Crippen MR) is 65.2 cm³/mol. The maximum absolute atomic E-state index is 4.15. The third-order valence-electron chi connectivity index (χ3n) is 3.70. The third-order valence-corrected chi connectivity index (χ3v) is 4.75. The van der Waals surface area contributed by atoms with Crippen molar-refractivity contribution in [2.45, 2.75) is 50.2 Å². The van der Waals surface area contributed by atoms with Crippen LogP contribution in [0.25, 0.3) is 0 Å². The van der Waals surface area contributed by atoms with E-state index < -0.39 is 0 Å². The lowest BCUT2D eigenvalue weighted by molar-refractivity contribution is 0.315. The standard InChI is InChI=1S/C11H18N4S/c1-8-12-13-11-15(8)14-10(7-16-11)9-5-3-2-4-6-9/h9-10,14H,2-7H2,1H3. The number of nitrogens with zero attached hydrogens (tertiary/aromatic N) is 3. The summed E-state index contributed by atoms with van der Waals surface area (Å²) in [6, 6.07) is 0.604. The van der Waals surface area contributed by atoms with E-state index in [1.54, 1.807) is 0 Å². The van der Waals surface area contributed by atoms with E-state index in [-0.39, 0.29) is 0 Å². The molecule has 0 aromatic carbocycles. The van der Waals surface area contributed by atoms with E-state index in [0.717, 1.165) is 22.7 Å². The molecule has 1 saturated carbocycles. The maximum atomic E-state index is 4.15. The van der Waals surface area contributed by atoms with Gasteiger partial charge in [-0.1, -0.05) is 31.0 Å². The summed E-state index contributed by atoms with van der Waals surface area (Å²) in [6.45, 7) is 2.01. The lowest BCUT2D eigenvalue weighted by Crippen LogP contribution is -2.41. The molecule has 0 spiro atoms. The number of fused-ring (bicyclic) bond motifs is 1. The van der Waals surface area contributed by atoms with Crippen molar-refractivity contribution in [1.29, 1.82) is 0 Å². The number of aromatic nitrogens is 3. The smallest absolute Gasteiger partial charge is 0.210 e. The Bertz CT molecular complexity index is 370. The van der Waals surface area contributed by atoms with Gasteiger partial charge in [0.25, 0.3) is 0 Å². The third kappa shape index (κ3) is 1.81. The minimum atomic E-state index is 0.604. The second kappa shape index (κ2) is 4.28. The highest BCUT2D eigenvalue weighted by atomic mass is 32.2.